The van der Waals surface area contributed by atoms with Crippen molar-refractivity contribution in [2.24, 2.45) is 0 Å². The molecule has 17 heavy (non-hydrogen) atoms. The van der Waals surface area contributed by atoms with Gasteiger partial charge in [-0.25, -0.2) is 0 Å². The van der Waals surface area contributed by atoms with Crippen LogP contribution in [0.25, 0.3) is 0 Å². The quantitative estimate of drug-likeness (QED) is 0.626. The third-order valence-corrected chi connectivity index (χ3v) is 2.22. The molecule has 7 heteroatoms. The summed E-state index contributed by atoms with van der Waals surface area (Å²) in [6, 6.07) is 3.71. The Morgan fingerprint density at radius 3 is 2.76 bits per heavy atom. The maximum atomic E-state index is 13.3. The lowest BCUT2D eigenvalue weighted by Crippen LogP contribution is -2.22. The van der Waals surface area contributed by atoms with E-state index in [0.717, 1.165) is 6.07 Å². The Hall–Kier alpha value is -2.18. The lowest BCUT2D eigenvalue weighted by atomic mass is 10.2. The average molecular weight is 242 g/mol. The fraction of sp³-hybridized carbons (Fsp3) is 0.300. The van der Waals surface area contributed by atoms with Crippen LogP contribution >= 0.6 is 0 Å². The van der Waals surface area contributed by atoms with Gasteiger partial charge in [-0.2, -0.15) is 4.39 Å². The van der Waals surface area contributed by atoms with Crippen LogP contribution in [0, 0.1) is 15.9 Å². The third kappa shape index (κ3) is 3.13. The molecular formula is C10H11FN2O4. The number of anilines is 1. The minimum absolute atomic E-state index is 0.0660. The molecule has 0 bridgehead atoms. The second kappa shape index (κ2) is 5.24. The first-order valence-corrected chi connectivity index (χ1v) is 4.79. The lowest BCUT2D eigenvalue weighted by Gasteiger charge is -2.17. The Balaban J connectivity index is 3.00. The minimum atomic E-state index is -1.02. The van der Waals surface area contributed by atoms with Crippen molar-refractivity contribution >= 4 is 17.3 Å². The third-order valence-electron chi connectivity index (χ3n) is 2.22. The summed E-state index contributed by atoms with van der Waals surface area (Å²) in [4.78, 5) is 21.6. The number of carbonyl (C=O) groups is 1. The van der Waals surface area contributed by atoms with Gasteiger partial charge in [-0.15, -0.1) is 0 Å². The van der Waals surface area contributed by atoms with Gasteiger partial charge in [0.25, 0.3) is 0 Å². The van der Waals surface area contributed by atoms with Crippen LogP contribution in [0.2, 0.25) is 0 Å². The first-order chi connectivity index (χ1) is 7.93. The summed E-state index contributed by atoms with van der Waals surface area (Å²) in [5, 5.41) is 19.2. The standard InChI is InChI=1S/C10H11FN2O4/c1-12(6-5-9(14)15)8-4-2-3-7(11)10(8)13(16)17/h2-4H,5-6H2,1H3,(H,14,15). The van der Waals surface area contributed by atoms with E-state index in [-0.39, 0.29) is 18.7 Å². The summed E-state index contributed by atoms with van der Waals surface area (Å²) < 4.78 is 13.3. The van der Waals surface area contributed by atoms with Crippen LogP contribution in [0.4, 0.5) is 15.8 Å². The Bertz CT molecular complexity index is 450. The first kappa shape index (κ1) is 12.9. The Kier molecular flexibility index (Phi) is 3.97. The number of para-hydroxylation sites is 1. The van der Waals surface area contributed by atoms with Gasteiger partial charge < -0.3 is 10.0 Å². The van der Waals surface area contributed by atoms with Crippen molar-refractivity contribution in [2.45, 2.75) is 6.42 Å². The molecule has 0 saturated heterocycles. The molecule has 0 aliphatic heterocycles. The van der Waals surface area contributed by atoms with Gasteiger partial charge in [0.2, 0.25) is 5.82 Å². The van der Waals surface area contributed by atoms with Gasteiger partial charge in [0.1, 0.15) is 5.69 Å². The molecule has 0 heterocycles. The number of benzene rings is 1. The predicted molar refractivity (Wildman–Crippen MR) is 58.6 cm³/mol. The van der Waals surface area contributed by atoms with Crippen LogP contribution in [0.5, 0.6) is 0 Å². The zero-order valence-corrected chi connectivity index (χ0v) is 9.09. The smallest absolute Gasteiger partial charge is 0.327 e. The van der Waals surface area contributed by atoms with Gasteiger partial charge in [-0.1, -0.05) is 6.07 Å². The highest BCUT2D eigenvalue weighted by molar-refractivity contribution is 5.69. The maximum Gasteiger partial charge on any atom is 0.327 e. The number of nitro groups is 1. The normalized spacial score (nSPS) is 10.0. The van der Waals surface area contributed by atoms with Crippen LogP contribution in [0.15, 0.2) is 18.2 Å². The predicted octanol–water partition coefficient (Wildman–Crippen LogP) is 1.64. The molecule has 1 N–H and O–H groups in total. The molecule has 0 saturated carbocycles. The Morgan fingerprint density at radius 2 is 2.24 bits per heavy atom. The van der Waals surface area contributed by atoms with Crippen LogP contribution in [-0.4, -0.2) is 29.6 Å². The number of carboxylic acid groups (broad SMARTS) is 1. The molecule has 0 aliphatic rings. The number of halogens is 1. The molecule has 0 unspecified atom stereocenters. The molecule has 6 nitrogen and oxygen atoms in total. The number of carboxylic acids is 1. The van der Waals surface area contributed by atoms with Crippen LogP contribution in [0.1, 0.15) is 6.42 Å². The van der Waals surface area contributed by atoms with Crippen LogP contribution in [0.3, 0.4) is 0 Å². The molecule has 92 valence electrons. The van der Waals surface area contributed by atoms with Crippen molar-refractivity contribution < 1.29 is 19.2 Å². The van der Waals surface area contributed by atoms with Gasteiger partial charge in [-0.3, -0.25) is 14.9 Å². The fourth-order valence-corrected chi connectivity index (χ4v) is 1.38. The van der Waals surface area contributed by atoms with Gasteiger partial charge in [0.05, 0.1) is 11.3 Å². The molecule has 0 radical (unpaired) electrons. The molecule has 1 aromatic rings. The molecule has 0 spiro atoms. The number of hydrogen-bond acceptors (Lipinski definition) is 4. The zero-order chi connectivity index (χ0) is 13.0. The van der Waals surface area contributed by atoms with Crippen molar-refractivity contribution in [3.05, 3.63) is 34.1 Å². The second-order valence-corrected chi connectivity index (χ2v) is 3.43. The van der Waals surface area contributed by atoms with Crippen LogP contribution < -0.4 is 4.90 Å². The molecule has 0 amide bonds. The molecular weight excluding hydrogens is 231 g/mol. The van der Waals surface area contributed by atoms with E-state index in [2.05, 4.69) is 0 Å². The van der Waals surface area contributed by atoms with E-state index < -0.39 is 22.4 Å². The Labute approximate surface area is 96.4 Å². The number of nitrogens with zero attached hydrogens (tertiary/aromatic N) is 2. The summed E-state index contributed by atoms with van der Waals surface area (Å²) in [5.74, 6) is -1.95. The van der Waals surface area contributed by atoms with E-state index >= 15 is 0 Å². The van der Waals surface area contributed by atoms with Crippen molar-refractivity contribution in [1.29, 1.82) is 0 Å². The van der Waals surface area contributed by atoms with Gasteiger partial charge >= 0.3 is 11.7 Å². The van der Waals surface area contributed by atoms with Crippen LogP contribution in [-0.2, 0) is 4.79 Å². The van der Waals surface area contributed by atoms with Crippen molar-refractivity contribution in [3.8, 4) is 0 Å². The molecule has 0 aromatic heterocycles. The van der Waals surface area contributed by atoms with E-state index in [1.54, 1.807) is 0 Å². The van der Waals surface area contributed by atoms with Gasteiger partial charge in [0, 0.05) is 13.6 Å². The SMILES string of the molecule is CN(CCC(=O)O)c1cccc(F)c1[N+](=O)[O-]. The topological polar surface area (TPSA) is 83.7 Å². The highest BCUT2D eigenvalue weighted by atomic mass is 19.1. The highest BCUT2D eigenvalue weighted by Gasteiger charge is 2.22. The molecule has 1 rings (SSSR count). The summed E-state index contributed by atoms with van der Waals surface area (Å²) in [7, 11) is 1.48. The van der Waals surface area contributed by atoms with E-state index in [1.165, 1.54) is 24.1 Å². The number of aliphatic carboxylic acids is 1. The first-order valence-electron chi connectivity index (χ1n) is 4.79. The summed E-state index contributed by atoms with van der Waals surface area (Å²) in [5.41, 5.74) is -0.573. The lowest BCUT2D eigenvalue weighted by molar-refractivity contribution is -0.386. The number of hydrogen-bond donors (Lipinski definition) is 1. The number of rotatable bonds is 5. The fourth-order valence-electron chi connectivity index (χ4n) is 1.38. The summed E-state index contributed by atoms with van der Waals surface area (Å²) in [6.07, 6.45) is -0.176. The highest BCUT2D eigenvalue weighted by Crippen LogP contribution is 2.29. The minimum Gasteiger partial charge on any atom is -0.481 e. The largest absolute Gasteiger partial charge is 0.481 e. The van der Waals surface area contributed by atoms with E-state index in [4.69, 9.17) is 5.11 Å². The molecule has 0 aliphatic carbocycles. The van der Waals surface area contributed by atoms with Gasteiger partial charge in [-0.05, 0) is 12.1 Å². The maximum absolute atomic E-state index is 13.3. The second-order valence-electron chi connectivity index (χ2n) is 3.43. The summed E-state index contributed by atoms with van der Waals surface area (Å²) >= 11 is 0. The summed E-state index contributed by atoms with van der Waals surface area (Å²) in [6.45, 7) is 0.0691. The molecule has 0 atom stereocenters. The molecule has 1 aromatic carbocycles. The average Bonchev–Trinajstić information content (AvgIpc) is 2.24. The molecule has 0 fully saturated rings. The van der Waals surface area contributed by atoms with Gasteiger partial charge in [0.15, 0.2) is 0 Å². The van der Waals surface area contributed by atoms with Crippen molar-refractivity contribution in [1.82, 2.24) is 0 Å². The van der Waals surface area contributed by atoms with Crippen molar-refractivity contribution in [2.75, 3.05) is 18.5 Å². The zero-order valence-electron chi connectivity index (χ0n) is 9.09. The Morgan fingerprint density at radius 1 is 1.59 bits per heavy atom. The van der Waals surface area contributed by atoms with E-state index in [9.17, 15) is 19.3 Å². The van der Waals surface area contributed by atoms with E-state index in [0.29, 0.717) is 0 Å². The van der Waals surface area contributed by atoms with Crippen molar-refractivity contribution in [3.63, 3.8) is 0 Å². The number of nitro benzene ring substituents is 1. The van der Waals surface area contributed by atoms with E-state index in [1.807, 2.05) is 0 Å². The monoisotopic (exact) mass is 242 g/mol.